The highest BCUT2D eigenvalue weighted by Gasteiger charge is 2.34. The molecule has 6 heteroatoms. The maximum absolute atomic E-state index is 12.8. The lowest BCUT2D eigenvalue weighted by molar-refractivity contribution is -0.137. The van der Waals surface area contributed by atoms with Crippen LogP contribution in [0.4, 0.5) is 18.9 Å². The Bertz CT molecular complexity index is 526. The third-order valence-electron chi connectivity index (χ3n) is 3.90. The van der Waals surface area contributed by atoms with Crippen molar-refractivity contribution in [3.05, 3.63) is 29.3 Å². The third kappa shape index (κ3) is 3.67. The largest absolute Gasteiger partial charge is 0.417 e. The second-order valence-corrected chi connectivity index (χ2v) is 5.33. The van der Waals surface area contributed by atoms with Crippen molar-refractivity contribution in [2.45, 2.75) is 19.0 Å². The molecule has 3 nitrogen and oxygen atoms in total. The van der Waals surface area contributed by atoms with E-state index >= 15 is 0 Å². The number of piperidine rings is 1. The summed E-state index contributed by atoms with van der Waals surface area (Å²) in [6.07, 6.45) is -2.48. The van der Waals surface area contributed by atoms with E-state index in [2.05, 4.69) is 5.32 Å². The van der Waals surface area contributed by atoms with Crippen LogP contribution in [-0.4, -0.2) is 26.7 Å². The quantitative estimate of drug-likeness (QED) is 0.932. The standard InChI is InChI=1S/C15H18F3N3/c1-20-10-11-4-6-21(7-5-11)13-2-3-14(15(16,17)18)12(8-13)9-19/h2-3,8,11,20H,4-7,10H2,1H3. The molecular formula is C15H18F3N3. The summed E-state index contributed by atoms with van der Waals surface area (Å²) in [5.41, 5.74) is -0.473. The third-order valence-corrected chi connectivity index (χ3v) is 3.90. The van der Waals surface area contributed by atoms with Gasteiger partial charge in [-0.05, 0) is 50.6 Å². The molecule has 0 bridgehead atoms. The van der Waals surface area contributed by atoms with Gasteiger partial charge >= 0.3 is 6.18 Å². The van der Waals surface area contributed by atoms with E-state index in [-0.39, 0.29) is 5.56 Å². The summed E-state index contributed by atoms with van der Waals surface area (Å²) in [6, 6.07) is 5.47. The number of hydrogen-bond donors (Lipinski definition) is 1. The van der Waals surface area contributed by atoms with Gasteiger partial charge in [-0.3, -0.25) is 0 Å². The van der Waals surface area contributed by atoms with Crippen LogP contribution >= 0.6 is 0 Å². The highest BCUT2D eigenvalue weighted by atomic mass is 19.4. The van der Waals surface area contributed by atoms with Crippen molar-refractivity contribution >= 4 is 5.69 Å². The molecule has 1 aromatic carbocycles. The van der Waals surface area contributed by atoms with Gasteiger partial charge < -0.3 is 10.2 Å². The van der Waals surface area contributed by atoms with Crippen molar-refractivity contribution in [1.82, 2.24) is 5.32 Å². The Morgan fingerprint density at radius 2 is 2.00 bits per heavy atom. The molecule has 0 spiro atoms. The van der Waals surface area contributed by atoms with Crippen LogP contribution in [0.15, 0.2) is 18.2 Å². The Morgan fingerprint density at radius 3 is 2.52 bits per heavy atom. The van der Waals surface area contributed by atoms with Gasteiger partial charge in [0.05, 0.1) is 17.2 Å². The van der Waals surface area contributed by atoms with Crippen LogP contribution in [0.5, 0.6) is 0 Å². The molecule has 114 valence electrons. The average molecular weight is 297 g/mol. The lowest BCUT2D eigenvalue weighted by Crippen LogP contribution is -2.36. The minimum absolute atomic E-state index is 0.308. The number of hydrogen-bond acceptors (Lipinski definition) is 3. The van der Waals surface area contributed by atoms with Gasteiger partial charge in [0, 0.05) is 18.8 Å². The normalized spacial score (nSPS) is 16.8. The zero-order valence-corrected chi connectivity index (χ0v) is 11.9. The van der Waals surface area contributed by atoms with Crippen LogP contribution in [-0.2, 0) is 6.18 Å². The van der Waals surface area contributed by atoms with Crippen molar-refractivity contribution < 1.29 is 13.2 Å². The monoisotopic (exact) mass is 297 g/mol. The molecule has 0 atom stereocenters. The van der Waals surface area contributed by atoms with E-state index in [1.54, 1.807) is 6.07 Å². The van der Waals surface area contributed by atoms with Gasteiger partial charge in [0.1, 0.15) is 0 Å². The molecule has 1 N–H and O–H groups in total. The SMILES string of the molecule is CNCC1CCN(c2ccc(C(F)(F)F)c(C#N)c2)CC1. The number of halogens is 3. The van der Waals surface area contributed by atoms with E-state index in [0.717, 1.165) is 38.5 Å². The number of alkyl halides is 3. The zero-order valence-electron chi connectivity index (χ0n) is 11.9. The second-order valence-electron chi connectivity index (χ2n) is 5.33. The zero-order chi connectivity index (χ0) is 15.5. The summed E-state index contributed by atoms with van der Waals surface area (Å²) < 4.78 is 38.3. The van der Waals surface area contributed by atoms with Crippen LogP contribution in [0.2, 0.25) is 0 Å². The smallest absolute Gasteiger partial charge is 0.371 e. The van der Waals surface area contributed by atoms with Crippen molar-refractivity contribution in [3.8, 4) is 6.07 Å². The molecule has 0 aliphatic carbocycles. The molecule has 1 heterocycles. The Kier molecular flexibility index (Phi) is 4.73. The Labute approximate surface area is 122 Å². The predicted octanol–water partition coefficient (Wildman–Crippen LogP) is 3.01. The number of nitrogens with zero attached hydrogens (tertiary/aromatic N) is 2. The Morgan fingerprint density at radius 1 is 1.33 bits per heavy atom. The minimum atomic E-state index is -4.48. The van der Waals surface area contributed by atoms with Gasteiger partial charge in [-0.2, -0.15) is 18.4 Å². The van der Waals surface area contributed by atoms with Gasteiger partial charge in [-0.15, -0.1) is 0 Å². The summed E-state index contributed by atoms with van der Waals surface area (Å²) in [7, 11) is 1.92. The molecule has 1 aliphatic heterocycles. The molecule has 0 radical (unpaired) electrons. The molecular weight excluding hydrogens is 279 g/mol. The summed E-state index contributed by atoms with van der Waals surface area (Å²) in [5.74, 6) is 0.608. The van der Waals surface area contributed by atoms with Gasteiger partial charge in [0.25, 0.3) is 0 Å². The van der Waals surface area contributed by atoms with E-state index < -0.39 is 11.7 Å². The Hall–Kier alpha value is -1.74. The lowest BCUT2D eigenvalue weighted by atomic mass is 9.96. The van der Waals surface area contributed by atoms with Crippen LogP contribution in [0.1, 0.15) is 24.0 Å². The maximum atomic E-state index is 12.8. The highest BCUT2D eigenvalue weighted by molar-refractivity contribution is 5.55. The molecule has 1 aromatic rings. The molecule has 0 saturated carbocycles. The Balaban J connectivity index is 2.14. The lowest BCUT2D eigenvalue weighted by Gasteiger charge is -2.33. The minimum Gasteiger partial charge on any atom is -0.371 e. The molecule has 21 heavy (non-hydrogen) atoms. The first-order valence-corrected chi connectivity index (χ1v) is 6.96. The highest BCUT2D eigenvalue weighted by Crippen LogP contribution is 2.34. The van der Waals surface area contributed by atoms with E-state index in [9.17, 15) is 13.2 Å². The average Bonchev–Trinajstić information content (AvgIpc) is 2.47. The van der Waals surface area contributed by atoms with Gasteiger partial charge in [0.15, 0.2) is 0 Å². The molecule has 0 unspecified atom stereocenters. The predicted molar refractivity (Wildman–Crippen MR) is 75.0 cm³/mol. The van der Waals surface area contributed by atoms with Crippen LogP contribution in [0.25, 0.3) is 0 Å². The molecule has 0 aromatic heterocycles. The molecule has 0 amide bonds. The summed E-state index contributed by atoms with van der Waals surface area (Å²) in [5, 5.41) is 12.1. The van der Waals surface area contributed by atoms with Crippen LogP contribution in [0, 0.1) is 17.2 Å². The number of nitrogens with one attached hydrogen (secondary N) is 1. The first-order chi connectivity index (χ1) is 9.95. The van der Waals surface area contributed by atoms with E-state index in [1.807, 2.05) is 11.9 Å². The van der Waals surface area contributed by atoms with Crippen molar-refractivity contribution in [2.24, 2.45) is 5.92 Å². The topological polar surface area (TPSA) is 39.1 Å². The van der Waals surface area contributed by atoms with E-state index in [0.29, 0.717) is 11.6 Å². The van der Waals surface area contributed by atoms with Crippen LogP contribution < -0.4 is 10.2 Å². The number of nitriles is 1. The van der Waals surface area contributed by atoms with Gasteiger partial charge in [0.2, 0.25) is 0 Å². The second kappa shape index (κ2) is 6.35. The summed E-state index contributed by atoms with van der Waals surface area (Å²) in [6.45, 7) is 2.58. The molecule has 2 rings (SSSR count). The first kappa shape index (κ1) is 15.6. The number of benzene rings is 1. The molecule has 1 saturated heterocycles. The number of anilines is 1. The fraction of sp³-hybridized carbons (Fsp3) is 0.533. The number of rotatable bonds is 3. The molecule has 1 fully saturated rings. The van der Waals surface area contributed by atoms with E-state index in [4.69, 9.17) is 5.26 Å². The van der Waals surface area contributed by atoms with Gasteiger partial charge in [-0.25, -0.2) is 0 Å². The summed E-state index contributed by atoms with van der Waals surface area (Å²) in [4.78, 5) is 2.05. The molecule has 1 aliphatic rings. The van der Waals surface area contributed by atoms with Crippen molar-refractivity contribution in [2.75, 3.05) is 31.6 Å². The van der Waals surface area contributed by atoms with E-state index in [1.165, 1.54) is 12.1 Å². The fourth-order valence-electron chi connectivity index (χ4n) is 2.75. The maximum Gasteiger partial charge on any atom is 0.417 e. The summed E-state index contributed by atoms with van der Waals surface area (Å²) >= 11 is 0. The van der Waals surface area contributed by atoms with Gasteiger partial charge in [-0.1, -0.05) is 0 Å². The first-order valence-electron chi connectivity index (χ1n) is 6.96. The van der Waals surface area contributed by atoms with Crippen molar-refractivity contribution in [1.29, 1.82) is 5.26 Å². The van der Waals surface area contributed by atoms with Crippen molar-refractivity contribution in [3.63, 3.8) is 0 Å². The van der Waals surface area contributed by atoms with Crippen LogP contribution in [0.3, 0.4) is 0 Å². The fourth-order valence-corrected chi connectivity index (χ4v) is 2.75.